The molecule has 0 spiro atoms. The summed E-state index contributed by atoms with van der Waals surface area (Å²) in [4.78, 5) is 0.208. The molecular formula is C14H11F3S. The van der Waals surface area contributed by atoms with Crippen molar-refractivity contribution in [2.45, 2.75) is 17.3 Å². The second kappa shape index (κ2) is 5.06. The minimum atomic E-state index is -4.23. The molecule has 18 heavy (non-hydrogen) atoms. The van der Waals surface area contributed by atoms with E-state index in [1.807, 2.05) is 31.2 Å². The van der Waals surface area contributed by atoms with Gasteiger partial charge >= 0.3 is 5.51 Å². The van der Waals surface area contributed by atoms with Gasteiger partial charge in [-0.2, -0.15) is 13.2 Å². The molecule has 4 heteroatoms. The van der Waals surface area contributed by atoms with Gasteiger partial charge in [-0.05, 0) is 47.5 Å². The van der Waals surface area contributed by atoms with Crippen LogP contribution in [-0.2, 0) is 0 Å². The molecule has 0 atom stereocenters. The maximum absolute atomic E-state index is 12.2. The van der Waals surface area contributed by atoms with Gasteiger partial charge in [-0.25, -0.2) is 0 Å². The van der Waals surface area contributed by atoms with Crippen LogP contribution in [0, 0.1) is 6.92 Å². The Hall–Kier alpha value is -1.42. The van der Waals surface area contributed by atoms with Gasteiger partial charge in [0.25, 0.3) is 0 Å². The summed E-state index contributed by atoms with van der Waals surface area (Å²) in [5.41, 5.74) is -1.15. The maximum Gasteiger partial charge on any atom is 0.446 e. The Morgan fingerprint density at radius 3 is 2.06 bits per heavy atom. The summed E-state index contributed by atoms with van der Waals surface area (Å²) in [5, 5.41) is 0. The van der Waals surface area contributed by atoms with Crippen molar-refractivity contribution < 1.29 is 13.2 Å². The molecule has 0 unspecified atom stereocenters. The molecule has 0 fully saturated rings. The Morgan fingerprint density at radius 1 is 0.889 bits per heavy atom. The average molecular weight is 268 g/mol. The normalized spacial score (nSPS) is 11.6. The van der Waals surface area contributed by atoms with Gasteiger partial charge in [-0.15, -0.1) is 0 Å². The standard InChI is InChI=1S/C14H11F3S/c1-10-4-2-3-5-13(10)11-6-8-12(9-7-11)18-14(15,16)17/h2-9H,1H3. The van der Waals surface area contributed by atoms with Gasteiger partial charge in [0.1, 0.15) is 0 Å². The first-order chi connectivity index (χ1) is 8.46. The van der Waals surface area contributed by atoms with Gasteiger partial charge in [0.15, 0.2) is 0 Å². The van der Waals surface area contributed by atoms with Gasteiger partial charge in [0.05, 0.1) is 0 Å². The average Bonchev–Trinajstić information content (AvgIpc) is 2.29. The lowest BCUT2D eigenvalue weighted by molar-refractivity contribution is -0.0328. The molecule has 0 aromatic heterocycles. The number of thioether (sulfide) groups is 1. The quantitative estimate of drug-likeness (QED) is 0.668. The van der Waals surface area contributed by atoms with Crippen molar-refractivity contribution in [1.82, 2.24) is 0 Å². The third-order valence-corrected chi connectivity index (χ3v) is 3.28. The summed E-state index contributed by atoms with van der Waals surface area (Å²) in [6.07, 6.45) is 0. The third kappa shape index (κ3) is 3.29. The zero-order valence-corrected chi connectivity index (χ0v) is 10.5. The van der Waals surface area contributed by atoms with Crippen LogP contribution < -0.4 is 0 Å². The highest BCUT2D eigenvalue weighted by atomic mass is 32.2. The van der Waals surface area contributed by atoms with E-state index < -0.39 is 5.51 Å². The predicted molar refractivity (Wildman–Crippen MR) is 68.5 cm³/mol. The molecule has 0 N–H and O–H groups in total. The molecule has 2 rings (SSSR count). The zero-order chi connectivity index (χ0) is 13.2. The van der Waals surface area contributed by atoms with Crippen LogP contribution in [0.1, 0.15) is 5.56 Å². The first kappa shape index (κ1) is 13.0. The first-order valence-corrected chi connectivity index (χ1v) is 6.19. The monoisotopic (exact) mass is 268 g/mol. The molecule has 94 valence electrons. The van der Waals surface area contributed by atoms with E-state index in [1.165, 1.54) is 12.1 Å². The Labute approximate surface area is 108 Å². The second-order valence-corrected chi connectivity index (χ2v) is 5.03. The van der Waals surface area contributed by atoms with Gasteiger partial charge in [0, 0.05) is 4.90 Å². The van der Waals surface area contributed by atoms with E-state index in [0.29, 0.717) is 0 Å². The fourth-order valence-electron chi connectivity index (χ4n) is 1.73. The smallest absolute Gasteiger partial charge is 0.160 e. The summed E-state index contributed by atoms with van der Waals surface area (Å²) in [5.74, 6) is 0. The number of benzene rings is 2. The number of aryl methyl sites for hydroxylation is 1. The molecule has 0 nitrogen and oxygen atoms in total. The van der Waals surface area contributed by atoms with Crippen molar-refractivity contribution in [2.75, 3.05) is 0 Å². The number of hydrogen-bond donors (Lipinski definition) is 0. The van der Waals surface area contributed by atoms with E-state index in [-0.39, 0.29) is 16.7 Å². The van der Waals surface area contributed by atoms with Crippen molar-refractivity contribution in [2.24, 2.45) is 0 Å². The minimum absolute atomic E-state index is 0.0912. The van der Waals surface area contributed by atoms with Gasteiger partial charge in [-0.1, -0.05) is 36.4 Å². The van der Waals surface area contributed by atoms with Crippen molar-refractivity contribution in [3.05, 3.63) is 54.1 Å². The summed E-state index contributed by atoms with van der Waals surface area (Å²) >= 11 is -0.0912. The highest BCUT2D eigenvalue weighted by Crippen LogP contribution is 2.37. The van der Waals surface area contributed by atoms with Crippen LogP contribution in [0.4, 0.5) is 13.2 Å². The largest absolute Gasteiger partial charge is 0.446 e. The number of halogens is 3. The summed E-state index contributed by atoms with van der Waals surface area (Å²) < 4.78 is 36.6. The van der Waals surface area contributed by atoms with E-state index in [9.17, 15) is 13.2 Å². The van der Waals surface area contributed by atoms with Crippen LogP contribution in [-0.4, -0.2) is 5.51 Å². The predicted octanol–water partition coefficient (Wildman–Crippen LogP) is 5.27. The number of rotatable bonds is 2. The second-order valence-electron chi connectivity index (χ2n) is 3.89. The van der Waals surface area contributed by atoms with Crippen LogP contribution in [0.2, 0.25) is 0 Å². The summed E-state index contributed by atoms with van der Waals surface area (Å²) in [7, 11) is 0. The molecule has 0 radical (unpaired) electrons. The van der Waals surface area contributed by atoms with Crippen LogP contribution in [0.15, 0.2) is 53.4 Å². The number of alkyl halides is 3. The Morgan fingerprint density at radius 2 is 1.50 bits per heavy atom. The molecule has 0 heterocycles. The lowest BCUT2D eigenvalue weighted by Gasteiger charge is -2.08. The lowest BCUT2D eigenvalue weighted by Crippen LogP contribution is -1.98. The van der Waals surface area contributed by atoms with E-state index >= 15 is 0 Å². The first-order valence-electron chi connectivity index (χ1n) is 5.37. The van der Waals surface area contributed by atoms with Crippen LogP contribution >= 0.6 is 11.8 Å². The Balaban J connectivity index is 2.26. The van der Waals surface area contributed by atoms with E-state index in [0.717, 1.165) is 16.7 Å². The third-order valence-electron chi connectivity index (χ3n) is 2.54. The molecule has 0 aliphatic carbocycles. The van der Waals surface area contributed by atoms with Gasteiger partial charge < -0.3 is 0 Å². The Kier molecular flexibility index (Phi) is 3.66. The maximum atomic E-state index is 12.2. The molecule has 0 aliphatic rings. The van der Waals surface area contributed by atoms with Gasteiger partial charge in [-0.3, -0.25) is 0 Å². The van der Waals surface area contributed by atoms with Gasteiger partial charge in [0.2, 0.25) is 0 Å². The summed E-state index contributed by atoms with van der Waals surface area (Å²) in [6.45, 7) is 1.98. The van der Waals surface area contributed by atoms with Crippen molar-refractivity contribution in [3.8, 4) is 11.1 Å². The number of hydrogen-bond acceptors (Lipinski definition) is 1. The molecular weight excluding hydrogens is 257 g/mol. The molecule has 0 saturated heterocycles. The molecule has 2 aromatic rings. The molecule has 0 bridgehead atoms. The fraction of sp³-hybridized carbons (Fsp3) is 0.143. The highest BCUT2D eigenvalue weighted by molar-refractivity contribution is 8.00. The highest BCUT2D eigenvalue weighted by Gasteiger charge is 2.28. The van der Waals surface area contributed by atoms with Crippen LogP contribution in [0.3, 0.4) is 0 Å². The molecule has 2 aromatic carbocycles. The van der Waals surface area contributed by atoms with Crippen molar-refractivity contribution in [1.29, 1.82) is 0 Å². The van der Waals surface area contributed by atoms with Crippen LogP contribution in [0.5, 0.6) is 0 Å². The molecule has 0 amide bonds. The van der Waals surface area contributed by atoms with Crippen molar-refractivity contribution >= 4 is 11.8 Å². The minimum Gasteiger partial charge on any atom is -0.160 e. The fourth-order valence-corrected chi connectivity index (χ4v) is 2.27. The topological polar surface area (TPSA) is 0 Å². The Bertz CT molecular complexity index is 529. The SMILES string of the molecule is Cc1ccccc1-c1ccc(SC(F)(F)F)cc1. The van der Waals surface area contributed by atoms with Crippen LogP contribution in [0.25, 0.3) is 11.1 Å². The zero-order valence-electron chi connectivity index (χ0n) is 9.66. The van der Waals surface area contributed by atoms with E-state index in [4.69, 9.17) is 0 Å². The van der Waals surface area contributed by atoms with Crippen molar-refractivity contribution in [3.63, 3.8) is 0 Å². The van der Waals surface area contributed by atoms with E-state index in [2.05, 4.69) is 0 Å². The summed E-state index contributed by atoms with van der Waals surface area (Å²) in [6, 6.07) is 14.2. The lowest BCUT2D eigenvalue weighted by atomic mass is 10.0. The molecule has 0 saturated carbocycles. The van der Waals surface area contributed by atoms with E-state index in [1.54, 1.807) is 12.1 Å². The molecule has 0 aliphatic heterocycles.